The van der Waals surface area contributed by atoms with Crippen molar-refractivity contribution in [3.05, 3.63) is 53.1 Å². The number of carbonyl (C=O) groups is 2. The summed E-state index contributed by atoms with van der Waals surface area (Å²) in [5.74, 6) is 1.29. The van der Waals surface area contributed by atoms with Gasteiger partial charge in [0.05, 0.1) is 26.9 Å². The molecule has 2 aliphatic heterocycles. The molecule has 2 unspecified atom stereocenters. The van der Waals surface area contributed by atoms with Crippen molar-refractivity contribution >= 4 is 23.6 Å². The van der Waals surface area contributed by atoms with Crippen molar-refractivity contribution < 1.29 is 23.8 Å². The molecule has 8 heteroatoms. The second-order valence-electron chi connectivity index (χ2n) is 8.02. The Morgan fingerprint density at radius 1 is 1.06 bits per heavy atom. The first-order valence-corrected chi connectivity index (χ1v) is 10.9. The zero-order valence-corrected chi connectivity index (χ0v) is 19.0. The van der Waals surface area contributed by atoms with Gasteiger partial charge >= 0.3 is 0 Å². The standard InChI is InChI=1S/C23H26N2O5S/c1-23(2)19(20(26)24-12-13-6-8-14(28-3)9-7-13)25-21(27)17-15(22(25)31-23)10-11-16(29-4)18(17)30-5/h6-11,19,22H,12H2,1-5H3,(H,24,26). The fourth-order valence-corrected chi connectivity index (χ4v) is 5.86. The third-order valence-electron chi connectivity index (χ3n) is 5.77. The molecule has 164 valence electrons. The van der Waals surface area contributed by atoms with Crippen LogP contribution in [0.3, 0.4) is 0 Å². The molecule has 0 saturated carbocycles. The molecule has 0 bridgehead atoms. The van der Waals surface area contributed by atoms with Gasteiger partial charge in [0.15, 0.2) is 11.5 Å². The Morgan fingerprint density at radius 2 is 1.77 bits per heavy atom. The van der Waals surface area contributed by atoms with Crippen LogP contribution in [-0.4, -0.2) is 48.8 Å². The number of nitrogens with zero attached hydrogens (tertiary/aromatic N) is 1. The van der Waals surface area contributed by atoms with E-state index in [4.69, 9.17) is 14.2 Å². The van der Waals surface area contributed by atoms with E-state index < -0.39 is 10.8 Å². The Bertz CT molecular complexity index is 1020. The molecule has 2 aliphatic rings. The van der Waals surface area contributed by atoms with E-state index in [1.807, 2.05) is 44.2 Å². The molecular weight excluding hydrogens is 416 g/mol. The van der Waals surface area contributed by atoms with Gasteiger partial charge in [-0.05, 0) is 37.6 Å². The lowest BCUT2D eigenvalue weighted by atomic mass is 10.0. The second-order valence-corrected chi connectivity index (χ2v) is 9.75. The van der Waals surface area contributed by atoms with Crippen molar-refractivity contribution in [2.24, 2.45) is 0 Å². The topological polar surface area (TPSA) is 77.1 Å². The fourth-order valence-electron chi connectivity index (χ4n) is 4.29. The van der Waals surface area contributed by atoms with Crippen LogP contribution in [0, 0.1) is 0 Å². The fraction of sp³-hybridized carbons (Fsp3) is 0.391. The highest BCUT2D eigenvalue weighted by molar-refractivity contribution is 8.01. The van der Waals surface area contributed by atoms with E-state index in [0.29, 0.717) is 23.6 Å². The summed E-state index contributed by atoms with van der Waals surface area (Å²) in [7, 11) is 4.67. The average Bonchev–Trinajstić information content (AvgIpc) is 3.20. The number of amides is 2. The van der Waals surface area contributed by atoms with Crippen LogP contribution in [0.15, 0.2) is 36.4 Å². The predicted molar refractivity (Wildman–Crippen MR) is 119 cm³/mol. The van der Waals surface area contributed by atoms with Gasteiger partial charge in [0.2, 0.25) is 5.91 Å². The Balaban J connectivity index is 1.60. The number of fused-ring (bicyclic) bond motifs is 3. The van der Waals surface area contributed by atoms with Crippen LogP contribution in [0.1, 0.15) is 40.7 Å². The van der Waals surface area contributed by atoms with Gasteiger partial charge in [-0.3, -0.25) is 9.59 Å². The molecule has 0 aliphatic carbocycles. The van der Waals surface area contributed by atoms with Gasteiger partial charge in [0, 0.05) is 16.9 Å². The van der Waals surface area contributed by atoms with Crippen LogP contribution < -0.4 is 19.5 Å². The molecule has 31 heavy (non-hydrogen) atoms. The maximum Gasteiger partial charge on any atom is 0.260 e. The van der Waals surface area contributed by atoms with Gasteiger partial charge in [0.1, 0.15) is 17.2 Å². The highest BCUT2D eigenvalue weighted by Gasteiger charge is 2.58. The van der Waals surface area contributed by atoms with E-state index in [1.165, 1.54) is 14.2 Å². The third-order valence-corrected chi connectivity index (χ3v) is 7.31. The van der Waals surface area contributed by atoms with Gasteiger partial charge < -0.3 is 24.4 Å². The molecule has 1 N–H and O–H groups in total. The number of thioether (sulfide) groups is 1. The number of methoxy groups -OCH3 is 3. The van der Waals surface area contributed by atoms with Crippen molar-refractivity contribution in [3.8, 4) is 17.2 Å². The highest BCUT2D eigenvalue weighted by atomic mass is 32.2. The molecule has 0 radical (unpaired) electrons. The third kappa shape index (κ3) is 3.48. The Labute approximate surface area is 186 Å². The molecule has 7 nitrogen and oxygen atoms in total. The predicted octanol–water partition coefficient (Wildman–Crippen LogP) is 3.38. The van der Waals surface area contributed by atoms with Gasteiger partial charge in [-0.15, -0.1) is 11.8 Å². The molecule has 1 fully saturated rings. The van der Waals surface area contributed by atoms with Gasteiger partial charge in [0.25, 0.3) is 5.91 Å². The summed E-state index contributed by atoms with van der Waals surface area (Å²) in [4.78, 5) is 28.4. The zero-order chi connectivity index (χ0) is 22.3. The number of carbonyl (C=O) groups excluding carboxylic acids is 2. The monoisotopic (exact) mass is 442 g/mol. The molecule has 2 atom stereocenters. The first-order valence-electron chi connectivity index (χ1n) is 9.98. The van der Waals surface area contributed by atoms with Gasteiger partial charge in [-0.2, -0.15) is 0 Å². The smallest absolute Gasteiger partial charge is 0.260 e. The lowest BCUT2D eigenvalue weighted by Gasteiger charge is -2.29. The Morgan fingerprint density at radius 3 is 2.39 bits per heavy atom. The summed E-state index contributed by atoms with van der Waals surface area (Å²) in [6.07, 6.45) is 0. The SMILES string of the molecule is COc1ccc(CNC(=O)C2N3C(=O)c4c(ccc(OC)c4OC)C3SC2(C)C)cc1. The second kappa shape index (κ2) is 8.00. The average molecular weight is 443 g/mol. The van der Waals surface area contributed by atoms with Gasteiger partial charge in [-0.1, -0.05) is 18.2 Å². The van der Waals surface area contributed by atoms with E-state index in [-0.39, 0.29) is 17.2 Å². The largest absolute Gasteiger partial charge is 0.497 e. The van der Waals surface area contributed by atoms with Crippen LogP contribution in [0.4, 0.5) is 0 Å². The number of benzene rings is 2. The molecule has 0 spiro atoms. The lowest BCUT2D eigenvalue weighted by Crippen LogP contribution is -2.52. The quantitative estimate of drug-likeness (QED) is 0.739. The molecule has 2 amide bonds. The number of hydrogen-bond acceptors (Lipinski definition) is 6. The molecular formula is C23H26N2O5S. The van der Waals surface area contributed by atoms with E-state index >= 15 is 0 Å². The minimum absolute atomic E-state index is 0.178. The van der Waals surface area contributed by atoms with Crippen LogP contribution in [0.5, 0.6) is 17.2 Å². The minimum atomic E-state index is -0.614. The summed E-state index contributed by atoms with van der Waals surface area (Å²) >= 11 is 1.61. The first-order chi connectivity index (χ1) is 14.8. The summed E-state index contributed by atoms with van der Waals surface area (Å²) in [5.41, 5.74) is 2.28. The summed E-state index contributed by atoms with van der Waals surface area (Å²) in [6.45, 7) is 4.37. The van der Waals surface area contributed by atoms with E-state index in [2.05, 4.69) is 5.32 Å². The first kappa shape index (κ1) is 21.4. The van der Waals surface area contributed by atoms with Crippen LogP contribution in [0.25, 0.3) is 0 Å². The maximum atomic E-state index is 13.5. The molecule has 4 rings (SSSR count). The minimum Gasteiger partial charge on any atom is -0.497 e. The van der Waals surface area contributed by atoms with E-state index in [0.717, 1.165) is 16.9 Å². The summed E-state index contributed by atoms with van der Waals surface area (Å²) in [6, 6.07) is 10.6. The summed E-state index contributed by atoms with van der Waals surface area (Å²) in [5, 5.41) is 2.76. The lowest BCUT2D eigenvalue weighted by molar-refractivity contribution is -0.126. The normalized spacial score (nSPS) is 20.8. The molecule has 1 saturated heterocycles. The zero-order valence-electron chi connectivity index (χ0n) is 18.2. The number of rotatable bonds is 6. The number of ether oxygens (including phenoxy) is 3. The van der Waals surface area contributed by atoms with Crippen molar-refractivity contribution in [2.75, 3.05) is 21.3 Å². The van der Waals surface area contributed by atoms with Crippen LogP contribution in [0.2, 0.25) is 0 Å². The summed E-state index contributed by atoms with van der Waals surface area (Å²) < 4.78 is 15.6. The van der Waals surface area contributed by atoms with E-state index in [9.17, 15) is 9.59 Å². The Hall–Kier alpha value is -2.87. The van der Waals surface area contributed by atoms with Crippen molar-refractivity contribution in [2.45, 2.75) is 36.6 Å². The Kier molecular flexibility index (Phi) is 5.51. The molecule has 2 aromatic carbocycles. The van der Waals surface area contributed by atoms with Crippen molar-refractivity contribution in [3.63, 3.8) is 0 Å². The van der Waals surface area contributed by atoms with Gasteiger partial charge in [-0.25, -0.2) is 0 Å². The van der Waals surface area contributed by atoms with Crippen molar-refractivity contribution in [1.29, 1.82) is 0 Å². The number of hydrogen-bond donors (Lipinski definition) is 1. The van der Waals surface area contributed by atoms with E-state index in [1.54, 1.807) is 29.8 Å². The molecule has 2 heterocycles. The molecule has 0 aromatic heterocycles. The maximum absolute atomic E-state index is 13.5. The van der Waals surface area contributed by atoms with Crippen LogP contribution in [-0.2, 0) is 11.3 Å². The highest BCUT2D eigenvalue weighted by Crippen LogP contribution is 2.58. The van der Waals surface area contributed by atoms with Crippen LogP contribution >= 0.6 is 11.8 Å². The van der Waals surface area contributed by atoms with Crippen molar-refractivity contribution in [1.82, 2.24) is 10.2 Å². The molecule has 2 aromatic rings. The number of nitrogens with one attached hydrogen (secondary N) is 1.